The average Bonchev–Trinajstić information content (AvgIpc) is 3.18. The van der Waals surface area contributed by atoms with Crippen LogP contribution in [0.4, 0.5) is 38.1 Å². The maximum Gasteiger partial charge on any atom is 0.417 e. The summed E-state index contributed by atoms with van der Waals surface area (Å²) in [6, 6.07) is 4.23. The van der Waals surface area contributed by atoms with Gasteiger partial charge >= 0.3 is 18.8 Å². The van der Waals surface area contributed by atoms with Gasteiger partial charge in [-0.3, -0.25) is 19.5 Å². The van der Waals surface area contributed by atoms with Gasteiger partial charge in [0.1, 0.15) is 12.1 Å². The standard InChI is InChI=1S/C23H13F5N6O5/c24-21(25)39-16-6-12(1-2-14(16)38-15-3-4-30-20-19(15)31-9-17(35)32-20)34-18(36)10-33(22(34)37)13-5-11(7-29-8-13)23(26,27)28/h1-9,21H,10H2,(H,30,32,35). The maximum atomic E-state index is 13.2. The van der Waals surface area contributed by atoms with Crippen LogP contribution < -0.4 is 24.8 Å². The molecule has 5 rings (SSSR count). The highest BCUT2D eigenvalue weighted by atomic mass is 19.4. The zero-order valence-electron chi connectivity index (χ0n) is 19.1. The molecule has 0 saturated carbocycles. The second-order valence-electron chi connectivity index (χ2n) is 7.89. The quantitative estimate of drug-likeness (QED) is 0.282. The van der Waals surface area contributed by atoms with Gasteiger partial charge < -0.3 is 14.5 Å². The van der Waals surface area contributed by atoms with Crippen molar-refractivity contribution in [1.82, 2.24) is 19.9 Å². The van der Waals surface area contributed by atoms with E-state index in [2.05, 4.69) is 24.7 Å². The number of benzene rings is 1. The zero-order chi connectivity index (χ0) is 27.9. The Hall–Kier alpha value is -5.15. The fourth-order valence-corrected chi connectivity index (χ4v) is 3.72. The Kier molecular flexibility index (Phi) is 6.29. The molecule has 200 valence electrons. The summed E-state index contributed by atoms with van der Waals surface area (Å²) in [5.41, 5.74) is -2.00. The fourth-order valence-electron chi connectivity index (χ4n) is 3.72. The van der Waals surface area contributed by atoms with Crippen LogP contribution in [-0.2, 0) is 11.0 Å². The van der Waals surface area contributed by atoms with Crippen LogP contribution in [0.25, 0.3) is 11.2 Å². The van der Waals surface area contributed by atoms with E-state index in [0.29, 0.717) is 17.2 Å². The second-order valence-corrected chi connectivity index (χ2v) is 7.89. The Bertz CT molecular complexity index is 1660. The molecular formula is C23H13F5N6O5. The number of alkyl halides is 5. The van der Waals surface area contributed by atoms with E-state index in [9.17, 15) is 36.3 Å². The average molecular weight is 548 g/mol. The minimum absolute atomic E-state index is 0.0136. The van der Waals surface area contributed by atoms with Crippen LogP contribution in [0.5, 0.6) is 17.2 Å². The minimum atomic E-state index is -4.74. The van der Waals surface area contributed by atoms with Gasteiger partial charge in [0.15, 0.2) is 22.9 Å². The minimum Gasteiger partial charge on any atom is -0.451 e. The van der Waals surface area contributed by atoms with Crippen LogP contribution in [0.1, 0.15) is 5.56 Å². The number of nitrogens with one attached hydrogen (secondary N) is 1. The molecule has 0 bridgehead atoms. The van der Waals surface area contributed by atoms with Crippen molar-refractivity contribution in [3.8, 4) is 17.2 Å². The van der Waals surface area contributed by atoms with Crippen molar-refractivity contribution in [2.75, 3.05) is 16.3 Å². The molecule has 4 heterocycles. The smallest absolute Gasteiger partial charge is 0.417 e. The van der Waals surface area contributed by atoms with Gasteiger partial charge in [-0.15, -0.1) is 0 Å². The molecular weight excluding hydrogens is 535 g/mol. The van der Waals surface area contributed by atoms with Gasteiger partial charge in [-0.05, 0) is 18.2 Å². The first kappa shape index (κ1) is 25.5. The summed E-state index contributed by atoms with van der Waals surface area (Å²) >= 11 is 0. The number of aromatic amines is 1. The normalized spacial score (nSPS) is 14.0. The lowest BCUT2D eigenvalue weighted by Crippen LogP contribution is -2.33. The number of H-pyrrole nitrogens is 1. The highest BCUT2D eigenvalue weighted by Gasteiger charge is 2.40. The lowest BCUT2D eigenvalue weighted by Gasteiger charge is -2.19. The molecule has 1 aliphatic rings. The Balaban J connectivity index is 1.48. The van der Waals surface area contributed by atoms with Gasteiger partial charge in [-0.1, -0.05) is 0 Å². The lowest BCUT2D eigenvalue weighted by atomic mass is 10.2. The Morgan fingerprint density at radius 2 is 1.72 bits per heavy atom. The predicted octanol–water partition coefficient (Wildman–Crippen LogP) is 4.10. The SMILES string of the molecule is O=C1CN(c2cncc(C(F)(F)F)c2)C(=O)N1c1ccc(Oc2ccnc3[nH]c(=O)cnc23)c(OC(F)F)c1. The number of nitrogens with zero attached hydrogens (tertiary/aromatic N) is 5. The molecule has 1 aliphatic heterocycles. The summed E-state index contributed by atoms with van der Waals surface area (Å²) in [5.74, 6) is -1.67. The van der Waals surface area contributed by atoms with Crippen molar-refractivity contribution in [2.24, 2.45) is 0 Å². The van der Waals surface area contributed by atoms with E-state index in [1.165, 1.54) is 18.3 Å². The van der Waals surface area contributed by atoms with Crippen LogP contribution in [0.15, 0.2) is 59.9 Å². The molecule has 4 aromatic rings. The Morgan fingerprint density at radius 3 is 2.46 bits per heavy atom. The molecule has 3 amide bonds. The summed E-state index contributed by atoms with van der Waals surface area (Å²) in [4.78, 5) is 52.4. The Morgan fingerprint density at radius 1 is 0.923 bits per heavy atom. The lowest BCUT2D eigenvalue weighted by molar-refractivity contribution is -0.137. The van der Waals surface area contributed by atoms with Gasteiger partial charge in [0.25, 0.3) is 11.5 Å². The van der Waals surface area contributed by atoms with E-state index in [0.717, 1.165) is 29.4 Å². The van der Waals surface area contributed by atoms with Crippen molar-refractivity contribution in [3.05, 3.63) is 71.0 Å². The van der Waals surface area contributed by atoms with Crippen LogP contribution in [0.2, 0.25) is 0 Å². The number of fused-ring (bicyclic) bond motifs is 1. The molecule has 1 aromatic carbocycles. The number of halogens is 5. The number of hydrogen-bond acceptors (Lipinski definition) is 8. The summed E-state index contributed by atoms with van der Waals surface area (Å²) in [6.07, 6.45) is -0.956. The number of ether oxygens (including phenoxy) is 2. The van der Waals surface area contributed by atoms with Gasteiger partial charge in [0.2, 0.25) is 0 Å². The highest BCUT2D eigenvalue weighted by molar-refractivity contribution is 6.27. The number of urea groups is 1. The first-order valence-electron chi connectivity index (χ1n) is 10.8. The van der Waals surface area contributed by atoms with Crippen LogP contribution in [0.3, 0.4) is 0 Å². The van der Waals surface area contributed by atoms with E-state index in [1.807, 2.05) is 0 Å². The van der Waals surface area contributed by atoms with Crippen LogP contribution >= 0.6 is 0 Å². The third-order valence-corrected chi connectivity index (χ3v) is 5.39. The van der Waals surface area contributed by atoms with Crippen molar-refractivity contribution < 1.29 is 41.0 Å². The monoisotopic (exact) mass is 548 g/mol. The van der Waals surface area contributed by atoms with Crippen molar-refractivity contribution >= 4 is 34.5 Å². The maximum absolute atomic E-state index is 13.2. The van der Waals surface area contributed by atoms with E-state index in [-0.39, 0.29) is 34.0 Å². The molecule has 3 aromatic heterocycles. The summed E-state index contributed by atoms with van der Waals surface area (Å²) < 4.78 is 75.9. The summed E-state index contributed by atoms with van der Waals surface area (Å²) in [5, 5.41) is 0. The fraction of sp³-hybridized carbons (Fsp3) is 0.130. The molecule has 1 saturated heterocycles. The number of carbonyl (C=O) groups excluding carboxylic acids is 2. The first-order chi connectivity index (χ1) is 18.5. The molecule has 0 spiro atoms. The largest absolute Gasteiger partial charge is 0.451 e. The number of aromatic nitrogens is 4. The van der Waals surface area contributed by atoms with E-state index in [1.54, 1.807) is 0 Å². The summed E-state index contributed by atoms with van der Waals surface area (Å²) in [7, 11) is 0. The van der Waals surface area contributed by atoms with Crippen LogP contribution in [-0.4, -0.2) is 45.0 Å². The third kappa shape index (κ3) is 5.03. The van der Waals surface area contributed by atoms with E-state index in [4.69, 9.17) is 4.74 Å². The van der Waals surface area contributed by atoms with Gasteiger partial charge in [0.05, 0.1) is 29.3 Å². The van der Waals surface area contributed by atoms with E-state index >= 15 is 0 Å². The number of carbonyl (C=O) groups is 2. The molecule has 0 unspecified atom stereocenters. The van der Waals surface area contributed by atoms with Crippen LogP contribution in [0, 0.1) is 0 Å². The van der Waals surface area contributed by atoms with Gasteiger partial charge in [0, 0.05) is 24.5 Å². The number of hydrogen-bond donors (Lipinski definition) is 1. The van der Waals surface area contributed by atoms with Crippen molar-refractivity contribution in [2.45, 2.75) is 12.8 Å². The van der Waals surface area contributed by atoms with Crippen molar-refractivity contribution in [1.29, 1.82) is 0 Å². The van der Waals surface area contributed by atoms with E-state index < -0.39 is 48.1 Å². The Labute approximate surface area is 213 Å². The number of amides is 3. The number of rotatable bonds is 6. The number of anilines is 2. The molecule has 11 nitrogen and oxygen atoms in total. The zero-order valence-corrected chi connectivity index (χ0v) is 19.1. The number of imide groups is 1. The predicted molar refractivity (Wildman–Crippen MR) is 123 cm³/mol. The van der Waals surface area contributed by atoms with Crippen molar-refractivity contribution in [3.63, 3.8) is 0 Å². The second kappa shape index (κ2) is 9.62. The highest BCUT2D eigenvalue weighted by Crippen LogP contribution is 2.39. The molecule has 1 N–H and O–H groups in total. The third-order valence-electron chi connectivity index (χ3n) is 5.39. The molecule has 0 aliphatic carbocycles. The first-order valence-corrected chi connectivity index (χ1v) is 10.8. The van der Waals surface area contributed by atoms with Gasteiger partial charge in [-0.2, -0.15) is 22.0 Å². The van der Waals surface area contributed by atoms with Gasteiger partial charge in [-0.25, -0.2) is 19.7 Å². The molecule has 0 atom stereocenters. The molecule has 1 fully saturated rings. The molecule has 39 heavy (non-hydrogen) atoms. The molecule has 16 heteroatoms. The summed E-state index contributed by atoms with van der Waals surface area (Å²) in [6.45, 7) is -3.96. The molecule has 0 radical (unpaired) electrons. The number of pyridine rings is 2. The topological polar surface area (TPSA) is 131 Å².